The number of nitrogens with two attached hydrogens (primary N) is 1. The van der Waals surface area contributed by atoms with Gasteiger partial charge in [-0.05, 0) is 17.5 Å². The molecule has 1 amide bonds. The number of phenolic OH excluding ortho intramolecular Hbond substituents is 1. The molecule has 2 rings (SSSR count). The van der Waals surface area contributed by atoms with Gasteiger partial charge in [-0.1, -0.05) is 43.0 Å². The maximum Gasteiger partial charge on any atom is 0.240 e. The summed E-state index contributed by atoms with van der Waals surface area (Å²) in [6, 6.07) is 13.3. The second kappa shape index (κ2) is 5.56. The van der Waals surface area contributed by atoms with Gasteiger partial charge in [-0.15, -0.1) is 0 Å². The Hall–Kier alpha value is -2.29. The molecule has 0 bridgehead atoms. The van der Waals surface area contributed by atoms with Crippen molar-refractivity contribution in [3.8, 4) is 5.75 Å². The van der Waals surface area contributed by atoms with Gasteiger partial charge in [0.25, 0.3) is 0 Å². The number of rotatable bonds is 1. The Kier molecular flexibility index (Phi) is 4.09. The summed E-state index contributed by atoms with van der Waals surface area (Å²) in [5.41, 5.74) is 4.53. The van der Waals surface area contributed by atoms with Crippen molar-refractivity contribution in [3.05, 3.63) is 55.1 Å². The number of fused-ring (bicyclic) bond motifs is 1. The van der Waals surface area contributed by atoms with Crippen molar-refractivity contribution in [2.45, 2.75) is 0 Å². The minimum Gasteiger partial charge on any atom is -0.507 e. The lowest BCUT2D eigenvalue weighted by Gasteiger charge is -1.97. The Labute approximate surface area is 93.8 Å². The van der Waals surface area contributed by atoms with Crippen molar-refractivity contribution in [3.63, 3.8) is 0 Å². The molecule has 0 fully saturated rings. The van der Waals surface area contributed by atoms with E-state index in [1.54, 1.807) is 6.07 Å². The molecule has 3 heteroatoms. The molecule has 0 radical (unpaired) electrons. The smallest absolute Gasteiger partial charge is 0.240 e. The molecule has 0 saturated heterocycles. The summed E-state index contributed by atoms with van der Waals surface area (Å²) in [6.07, 6.45) is 1.06. The lowest BCUT2D eigenvalue weighted by atomic mass is 10.1. The molecule has 3 nitrogen and oxygen atoms in total. The number of hydrogen-bond donors (Lipinski definition) is 2. The van der Waals surface area contributed by atoms with E-state index in [4.69, 9.17) is 0 Å². The number of benzene rings is 2. The number of aromatic hydroxyl groups is 1. The molecular formula is C13H13NO2. The summed E-state index contributed by atoms with van der Waals surface area (Å²) in [5.74, 6) is -0.131. The quantitative estimate of drug-likeness (QED) is 0.716. The molecule has 2 aromatic rings. The third-order valence-electron chi connectivity index (χ3n) is 1.97. The van der Waals surface area contributed by atoms with E-state index in [9.17, 15) is 9.90 Å². The molecule has 2 aromatic carbocycles. The fourth-order valence-electron chi connectivity index (χ4n) is 1.21. The van der Waals surface area contributed by atoms with Crippen LogP contribution in [0.4, 0.5) is 0 Å². The highest BCUT2D eigenvalue weighted by Crippen LogP contribution is 2.22. The zero-order valence-corrected chi connectivity index (χ0v) is 8.76. The van der Waals surface area contributed by atoms with Crippen LogP contribution < -0.4 is 5.73 Å². The first-order valence-electron chi connectivity index (χ1n) is 4.73. The SMILES string of the molecule is C=CC(N)=O.Oc1cccc2ccccc12. The molecule has 16 heavy (non-hydrogen) atoms. The molecule has 0 atom stereocenters. The monoisotopic (exact) mass is 215 g/mol. The van der Waals surface area contributed by atoms with E-state index < -0.39 is 5.91 Å². The molecule has 0 aromatic heterocycles. The number of carbonyl (C=O) groups is 1. The van der Waals surface area contributed by atoms with E-state index in [0.29, 0.717) is 5.75 Å². The molecule has 0 aliphatic heterocycles. The first-order valence-corrected chi connectivity index (χ1v) is 4.73. The summed E-state index contributed by atoms with van der Waals surface area (Å²) in [6.45, 7) is 3.09. The van der Waals surface area contributed by atoms with Crippen molar-refractivity contribution in [1.82, 2.24) is 0 Å². The summed E-state index contributed by atoms with van der Waals surface area (Å²) >= 11 is 0. The van der Waals surface area contributed by atoms with Crippen LogP contribution in [0.1, 0.15) is 0 Å². The Bertz CT molecular complexity index is 501. The van der Waals surface area contributed by atoms with Gasteiger partial charge in [-0.25, -0.2) is 0 Å². The van der Waals surface area contributed by atoms with Crippen LogP contribution in [-0.4, -0.2) is 11.0 Å². The topological polar surface area (TPSA) is 63.3 Å². The van der Waals surface area contributed by atoms with Crippen LogP contribution in [0.5, 0.6) is 5.75 Å². The van der Waals surface area contributed by atoms with Crippen LogP contribution in [0.3, 0.4) is 0 Å². The molecule has 3 N–H and O–H groups in total. The molecule has 0 unspecified atom stereocenters. The second-order valence-electron chi connectivity index (χ2n) is 3.10. The summed E-state index contributed by atoms with van der Waals surface area (Å²) in [4.78, 5) is 9.47. The maximum absolute atomic E-state index is 9.47. The number of primary amides is 1. The van der Waals surface area contributed by atoms with E-state index in [1.165, 1.54) is 0 Å². The van der Waals surface area contributed by atoms with Crippen LogP contribution in [-0.2, 0) is 4.79 Å². The lowest BCUT2D eigenvalue weighted by molar-refractivity contribution is -0.113. The lowest BCUT2D eigenvalue weighted by Crippen LogP contribution is -2.04. The van der Waals surface area contributed by atoms with Gasteiger partial charge in [-0.2, -0.15) is 0 Å². The van der Waals surface area contributed by atoms with Gasteiger partial charge >= 0.3 is 0 Å². The van der Waals surface area contributed by atoms with Gasteiger partial charge in [0.15, 0.2) is 0 Å². The van der Waals surface area contributed by atoms with Crippen LogP contribution in [0.25, 0.3) is 10.8 Å². The number of carbonyl (C=O) groups excluding carboxylic acids is 1. The van der Waals surface area contributed by atoms with Crippen molar-refractivity contribution in [1.29, 1.82) is 0 Å². The van der Waals surface area contributed by atoms with E-state index in [1.807, 2.05) is 36.4 Å². The highest BCUT2D eigenvalue weighted by atomic mass is 16.3. The molecule has 0 saturated carbocycles. The first-order chi connectivity index (χ1) is 7.65. The van der Waals surface area contributed by atoms with Crippen LogP contribution >= 0.6 is 0 Å². The average Bonchev–Trinajstić information content (AvgIpc) is 2.30. The zero-order valence-electron chi connectivity index (χ0n) is 8.76. The Balaban J connectivity index is 0.000000221. The Morgan fingerprint density at radius 1 is 1.19 bits per heavy atom. The van der Waals surface area contributed by atoms with Crippen molar-refractivity contribution in [2.75, 3.05) is 0 Å². The van der Waals surface area contributed by atoms with Crippen LogP contribution in [0, 0.1) is 0 Å². The van der Waals surface area contributed by atoms with Gasteiger partial charge in [-0.3, -0.25) is 4.79 Å². The van der Waals surface area contributed by atoms with E-state index >= 15 is 0 Å². The maximum atomic E-state index is 9.47. The molecule has 0 heterocycles. The van der Waals surface area contributed by atoms with E-state index in [-0.39, 0.29) is 0 Å². The average molecular weight is 215 g/mol. The van der Waals surface area contributed by atoms with E-state index in [2.05, 4.69) is 12.3 Å². The van der Waals surface area contributed by atoms with Crippen molar-refractivity contribution < 1.29 is 9.90 Å². The Morgan fingerprint density at radius 3 is 2.31 bits per heavy atom. The third kappa shape index (κ3) is 3.13. The first kappa shape index (κ1) is 11.8. The second-order valence-corrected chi connectivity index (χ2v) is 3.10. The predicted molar refractivity (Wildman–Crippen MR) is 65.0 cm³/mol. The largest absolute Gasteiger partial charge is 0.507 e. The third-order valence-corrected chi connectivity index (χ3v) is 1.97. The highest BCUT2D eigenvalue weighted by molar-refractivity contribution is 5.87. The summed E-state index contributed by atoms with van der Waals surface area (Å²) < 4.78 is 0. The molecule has 0 aliphatic rings. The fraction of sp³-hybridized carbons (Fsp3) is 0. The van der Waals surface area contributed by atoms with Gasteiger partial charge in [0, 0.05) is 5.39 Å². The normalized spacial score (nSPS) is 9.00. The zero-order chi connectivity index (χ0) is 12.0. The summed E-state index contributed by atoms with van der Waals surface area (Å²) in [7, 11) is 0. The van der Waals surface area contributed by atoms with Gasteiger partial charge in [0.2, 0.25) is 5.91 Å². The van der Waals surface area contributed by atoms with Crippen molar-refractivity contribution in [2.24, 2.45) is 5.73 Å². The van der Waals surface area contributed by atoms with Gasteiger partial charge in [0.05, 0.1) is 0 Å². The minimum absolute atomic E-state index is 0.350. The minimum atomic E-state index is -0.481. The molecular weight excluding hydrogens is 202 g/mol. The van der Waals surface area contributed by atoms with Crippen LogP contribution in [0.15, 0.2) is 55.1 Å². The molecule has 82 valence electrons. The predicted octanol–water partition coefficient (Wildman–Crippen LogP) is 2.20. The summed E-state index contributed by atoms with van der Waals surface area (Å²) in [5, 5.41) is 11.4. The number of phenols is 1. The Morgan fingerprint density at radius 2 is 1.75 bits per heavy atom. The van der Waals surface area contributed by atoms with E-state index in [0.717, 1.165) is 16.8 Å². The van der Waals surface area contributed by atoms with Gasteiger partial charge in [0.1, 0.15) is 5.75 Å². The fourth-order valence-corrected chi connectivity index (χ4v) is 1.21. The highest BCUT2D eigenvalue weighted by Gasteiger charge is 1.94. The number of hydrogen-bond acceptors (Lipinski definition) is 2. The van der Waals surface area contributed by atoms with Crippen LogP contribution in [0.2, 0.25) is 0 Å². The van der Waals surface area contributed by atoms with Crippen molar-refractivity contribution >= 4 is 16.7 Å². The van der Waals surface area contributed by atoms with Gasteiger partial charge < -0.3 is 10.8 Å². The molecule has 0 aliphatic carbocycles. The molecule has 0 spiro atoms. The standard InChI is InChI=1S/C10H8O.C3H5NO/c11-10-7-3-5-8-4-1-2-6-9(8)10;1-2-3(4)5/h1-7,11H;2H,1H2,(H2,4,5). The number of amides is 1.